The van der Waals surface area contributed by atoms with Gasteiger partial charge in [0.2, 0.25) is 0 Å². The maximum absolute atomic E-state index is 13.0. The molecule has 0 aromatic heterocycles. The van der Waals surface area contributed by atoms with Crippen LogP contribution in [0, 0.1) is 11.8 Å². The highest BCUT2D eigenvalue weighted by atomic mass is 31.2. The number of esters is 4. The lowest BCUT2D eigenvalue weighted by Gasteiger charge is -2.21. The molecule has 85 heavy (non-hydrogen) atoms. The van der Waals surface area contributed by atoms with E-state index in [1.807, 2.05) is 0 Å². The molecule has 19 heteroatoms. The molecule has 0 rings (SSSR count). The van der Waals surface area contributed by atoms with Crippen LogP contribution in [0.3, 0.4) is 0 Å². The Morgan fingerprint density at radius 3 is 0.800 bits per heavy atom. The highest BCUT2D eigenvalue weighted by Gasteiger charge is 2.30. The molecule has 0 radical (unpaired) electrons. The predicted octanol–water partition coefficient (Wildman–Crippen LogP) is 18.4. The third-order valence-electron chi connectivity index (χ3n) is 15.2. The lowest BCUT2D eigenvalue weighted by Crippen LogP contribution is -2.30. The Balaban J connectivity index is 5.22. The molecule has 0 aliphatic rings. The van der Waals surface area contributed by atoms with Crippen LogP contribution in [0.2, 0.25) is 0 Å². The fourth-order valence-electron chi connectivity index (χ4n) is 9.88. The van der Waals surface area contributed by atoms with E-state index >= 15 is 0 Å². The van der Waals surface area contributed by atoms with Gasteiger partial charge in [-0.05, 0) is 37.5 Å². The number of carbonyl (C=O) groups excluding carboxylic acids is 4. The normalized spacial score (nSPS) is 14.2. The Bertz CT molecular complexity index is 1670. The molecule has 0 aromatic rings. The van der Waals surface area contributed by atoms with Gasteiger partial charge >= 0.3 is 39.5 Å². The largest absolute Gasteiger partial charge is 0.472 e. The number of phosphoric ester groups is 2. The molecule has 0 fully saturated rings. The van der Waals surface area contributed by atoms with E-state index < -0.39 is 97.5 Å². The van der Waals surface area contributed by atoms with Crippen molar-refractivity contribution in [3.8, 4) is 0 Å². The highest BCUT2D eigenvalue weighted by Crippen LogP contribution is 2.45. The molecule has 0 aliphatic heterocycles. The van der Waals surface area contributed by atoms with Crippen LogP contribution in [0.15, 0.2) is 0 Å². The second-order valence-corrected chi connectivity index (χ2v) is 27.7. The first-order chi connectivity index (χ1) is 40.9. The third kappa shape index (κ3) is 60.7. The standard InChI is InChI=1S/C66H128O17P2/c1-7-9-11-13-15-16-18-26-32-38-44-50-65(70)82-61(54-76-63(68)48-42-36-28-14-12-10-8-2)56-80-84(72,73)78-52-60(67)53-79-85(74,75)81-57-62(55-77-64(69)49-43-37-31-25-22-21-24-30-35-41-47-59(5)6)83-66(71)51-45-39-33-27-20-17-19-23-29-34-40-46-58(3)4/h58-62,67H,7-57H2,1-6H3,(H,72,73)(H,74,75)/t60-,61+,62+/m0/s1. The fraction of sp³-hybridized carbons (Fsp3) is 0.939. The zero-order valence-corrected chi connectivity index (χ0v) is 56.7. The van der Waals surface area contributed by atoms with Gasteiger partial charge in [-0.15, -0.1) is 0 Å². The molecule has 0 spiro atoms. The first kappa shape index (κ1) is 83.1. The summed E-state index contributed by atoms with van der Waals surface area (Å²) in [6, 6.07) is 0. The van der Waals surface area contributed by atoms with Gasteiger partial charge < -0.3 is 33.8 Å². The maximum atomic E-state index is 13.0. The van der Waals surface area contributed by atoms with Crippen LogP contribution in [-0.4, -0.2) is 96.7 Å². The Morgan fingerprint density at radius 1 is 0.318 bits per heavy atom. The van der Waals surface area contributed by atoms with E-state index in [2.05, 4.69) is 41.5 Å². The van der Waals surface area contributed by atoms with Gasteiger partial charge in [0.05, 0.1) is 26.4 Å². The van der Waals surface area contributed by atoms with Crippen LogP contribution in [0.25, 0.3) is 0 Å². The van der Waals surface area contributed by atoms with Crippen molar-refractivity contribution >= 4 is 39.5 Å². The predicted molar refractivity (Wildman–Crippen MR) is 340 cm³/mol. The van der Waals surface area contributed by atoms with E-state index in [-0.39, 0.29) is 25.7 Å². The van der Waals surface area contributed by atoms with Gasteiger partial charge in [0.25, 0.3) is 0 Å². The van der Waals surface area contributed by atoms with Crippen LogP contribution < -0.4 is 0 Å². The summed E-state index contributed by atoms with van der Waals surface area (Å²) in [5.74, 6) is -0.610. The van der Waals surface area contributed by atoms with Crippen LogP contribution in [0.1, 0.15) is 330 Å². The molecule has 0 heterocycles. The molecule has 0 aliphatic carbocycles. The number of rotatable bonds is 65. The summed E-state index contributed by atoms with van der Waals surface area (Å²) < 4.78 is 68.0. The van der Waals surface area contributed by atoms with E-state index in [1.54, 1.807) is 0 Å². The molecule has 2 unspecified atom stereocenters. The average Bonchev–Trinajstić information content (AvgIpc) is 3.55. The number of carbonyl (C=O) groups is 4. The van der Waals surface area contributed by atoms with E-state index in [9.17, 15) is 43.2 Å². The zero-order valence-electron chi connectivity index (χ0n) is 54.9. The molecule has 0 saturated carbocycles. The number of phosphoric acid groups is 2. The van der Waals surface area contributed by atoms with Crippen molar-refractivity contribution in [1.82, 2.24) is 0 Å². The van der Waals surface area contributed by atoms with Gasteiger partial charge in [-0.1, -0.05) is 279 Å². The second kappa shape index (κ2) is 58.4. The summed E-state index contributed by atoms with van der Waals surface area (Å²) in [4.78, 5) is 72.2. The van der Waals surface area contributed by atoms with Gasteiger partial charge in [0, 0.05) is 25.7 Å². The Kier molecular flexibility index (Phi) is 57.1. The molecule has 3 N–H and O–H groups in total. The SMILES string of the molecule is CCCCCCCCCCCCCC(=O)O[C@H](COC(=O)CCCCCCCCC)COP(=O)(O)OC[C@H](O)COP(=O)(O)OC[C@@H](COC(=O)CCCCCCCCCCCCC(C)C)OC(=O)CCCCCCCCCCCCCC(C)C. The summed E-state index contributed by atoms with van der Waals surface area (Å²) in [6.07, 6.45) is 41.7. The van der Waals surface area contributed by atoms with E-state index in [1.165, 1.54) is 135 Å². The van der Waals surface area contributed by atoms with E-state index in [4.69, 9.17) is 37.0 Å². The summed E-state index contributed by atoms with van der Waals surface area (Å²) in [5.41, 5.74) is 0. The first-order valence-electron chi connectivity index (χ1n) is 34.5. The van der Waals surface area contributed by atoms with E-state index in [0.717, 1.165) is 115 Å². The second-order valence-electron chi connectivity index (χ2n) is 24.8. The number of aliphatic hydroxyl groups is 1. The van der Waals surface area contributed by atoms with Crippen molar-refractivity contribution in [1.29, 1.82) is 0 Å². The first-order valence-corrected chi connectivity index (χ1v) is 37.5. The lowest BCUT2D eigenvalue weighted by atomic mass is 10.0. The molecule has 0 bridgehead atoms. The summed E-state index contributed by atoms with van der Waals surface area (Å²) in [6.45, 7) is 9.47. The molecule has 0 saturated heterocycles. The average molecular weight is 1260 g/mol. The minimum atomic E-state index is -4.95. The monoisotopic (exact) mass is 1250 g/mol. The fourth-order valence-corrected chi connectivity index (χ4v) is 11.5. The molecule has 0 aromatic carbocycles. The third-order valence-corrected chi connectivity index (χ3v) is 17.1. The van der Waals surface area contributed by atoms with Crippen LogP contribution in [0.5, 0.6) is 0 Å². The van der Waals surface area contributed by atoms with Gasteiger partial charge in [0.1, 0.15) is 19.3 Å². The maximum Gasteiger partial charge on any atom is 0.472 e. The van der Waals surface area contributed by atoms with Crippen molar-refractivity contribution in [2.24, 2.45) is 11.8 Å². The van der Waals surface area contributed by atoms with Crippen LogP contribution in [-0.2, 0) is 65.4 Å². The van der Waals surface area contributed by atoms with Crippen molar-refractivity contribution in [2.75, 3.05) is 39.6 Å². The number of hydrogen-bond acceptors (Lipinski definition) is 15. The molecular weight excluding hydrogens is 1130 g/mol. The van der Waals surface area contributed by atoms with Gasteiger partial charge in [-0.25, -0.2) is 9.13 Å². The minimum absolute atomic E-state index is 0.106. The van der Waals surface area contributed by atoms with Gasteiger partial charge in [-0.3, -0.25) is 37.3 Å². The number of unbranched alkanes of at least 4 members (excludes halogenated alkanes) is 35. The number of aliphatic hydroxyl groups excluding tert-OH is 1. The van der Waals surface area contributed by atoms with Crippen LogP contribution >= 0.6 is 15.6 Å². The smallest absolute Gasteiger partial charge is 0.462 e. The van der Waals surface area contributed by atoms with Crippen LogP contribution in [0.4, 0.5) is 0 Å². The van der Waals surface area contributed by atoms with Gasteiger partial charge in [0.15, 0.2) is 12.2 Å². The van der Waals surface area contributed by atoms with Crippen molar-refractivity contribution in [2.45, 2.75) is 349 Å². The molecule has 0 amide bonds. The van der Waals surface area contributed by atoms with Crippen molar-refractivity contribution in [3.63, 3.8) is 0 Å². The van der Waals surface area contributed by atoms with Gasteiger partial charge in [-0.2, -0.15) is 0 Å². The summed E-state index contributed by atoms with van der Waals surface area (Å²) in [7, 11) is -9.89. The summed E-state index contributed by atoms with van der Waals surface area (Å²) >= 11 is 0. The molecular formula is C66H128O17P2. The van der Waals surface area contributed by atoms with E-state index in [0.29, 0.717) is 25.7 Å². The summed E-state index contributed by atoms with van der Waals surface area (Å²) in [5, 5.41) is 10.5. The number of ether oxygens (including phenoxy) is 4. The zero-order chi connectivity index (χ0) is 62.9. The minimum Gasteiger partial charge on any atom is -0.462 e. The molecule has 504 valence electrons. The lowest BCUT2D eigenvalue weighted by molar-refractivity contribution is -0.161. The quantitative estimate of drug-likeness (QED) is 0.0222. The molecule has 17 nitrogen and oxygen atoms in total. The molecule has 5 atom stereocenters. The van der Waals surface area contributed by atoms with Crippen molar-refractivity contribution < 1.29 is 80.2 Å². The Labute approximate surface area is 517 Å². The van der Waals surface area contributed by atoms with Crippen molar-refractivity contribution in [3.05, 3.63) is 0 Å². The number of hydrogen-bond donors (Lipinski definition) is 3. The topological polar surface area (TPSA) is 237 Å². The highest BCUT2D eigenvalue weighted by molar-refractivity contribution is 7.47. The Morgan fingerprint density at radius 2 is 0.541 bits per heavy atom. The Hall–Kier alpha value is -1.94.